The van der Waals surface area contributed by atoms with Gasteiger partial charge in [0.25, 0.3) is 0 Å². The summed E-state index contributed by atoms with van der Waals surface area (Å²) in [7, 11) is 0. The van der Waals surface area contributed by atoms with Crippen LogP contribution in [0.5, 0.6) is 0 Å². The minimum Gasteiger partial charge on any atom is -0.354 e. The van der Waals surface area contributed by atoms with Crippen LogP contribution >= 0.6 is 0 Å². The predicted octanol–water partition coefficient (Wildman–Crippen LogP) is 2.81. The molecule has 3 aromatic rings. The highest BCUT2D eigenvalue weighted by Crippen LogP contribution is 2.28. The molecular formula is C19H22N6. The minimum absolute atomic E-state index is 0.411. The zero-order valence-electron chi connectivity index (χ0n) is 14.4. The molecule has 6 heteroatoms. The van der Waals surface area contributed by atoms with Gasteiger partial charge in [0.05, 0.1) is 5.69 Å². The molecule has 1 saturated heterocycles. The molecule has 0 N–H and O–H groups in total. The molecule has 0 aromatic carbocycles. The first-order chi connectivity index (χ1) is 12.3. The van der Waals surface area contributed by atoms with Crippen LogP contribution < -0.4 is 4.90 Å². The van der Waals surface area contributed by atoms with Gasteiger partial charge in [-0.05, 0) is 49.6 Å². The smallest absolute Gasteiger partial charge is 0.151 e. The molecule has 6 nitrogen and oxygen atoms in total. The van der Waals surface area contributed by atoms with Crippen molar-refractivity contribution in [2.75, 3.05) is 18.0 Å². The van der Waals surface area contributed by atoms with Gasteiger partial charge in [-0.25, -0.2) is 4.98 Å². The van der Waals surface area contributed by atoms with E-state index in [9.17, 15) is 0 Å². The SMILES string of the molecule is Cc1ccc(N2CCCC(c3nccn3Cc3ccncc3)C2)nn1. The highest BCUT2D eigenvalue weighted by Gasteiger charge is 2.25. The number of rotatable bonds is 4. The molecule has 0 amide bonds. The van der Waals surface area contributed by atoms with Crippen molar-refractivity contribution in [3.8, 4) is 0 Å². The van der Waals surface area contributed by atoms with E-state index in [1.807, 2.05) is 31.6 Å². The zero-order valence-corrected chi connectivity index (χ0v) is 14.4. The van der Waals surface area contributed by atoms with Crippen LogP contribution in [0, 0.1) is 6.92 Å². The van der Waals surface area contributed by atoms with E-state index in [1.54, 1.807) is 0 Å². The van der Waals surface area contributed by atoms with E-state index in [0.717, 1.165) is 49.8 Å². The molecule has 0 radical (unpaired) electrons. The lowest BCUT2D eigenvalue weighted by Crippen LogP contribution is -2.36. The average molecular weight is 334 g/mol. The highest BCUT2D eigenvalue weighted by atomic mass is 15.3. The quantitative estimate of drug-likeness (QED) is 0.734. The van der Waals surface area contributed by atoms with Crippen molar-refractivity contribution in [1.82, 2.24) is 24.7 Å². The van der Waals surface area contributed by atoms with Gasteiger partial charge in [0, 0.05) is 50.3 Å². The Morgan fingerprint density at radius 3 is 2.76 bits per heavy atom. The van der Waals surface area contributed by atoms with Crippen molar-refractivity contribution in [2.24, 2.45) is 0 Å². The van der Waals surface area contributed by atoms with Crippen LogP contribution in [0.2, 0.25) is 0 Å². The Kier molecular flexibility index (Phi) is 4.41. The number of aromatic nitrogens is 5. The fraction of sp³-hybridized carbons (Fsp3) is 0.368. The predicted molar refractivity (Wildman–Crippen MR) is 96.5 cm³/mol. The first kappa shape index (κ1) is 15.7. The van der Waals surface area contributed by atoms with Crippen LogP contribution in [0.1, 0.15) is 35.8 Å². The minimum atomic E-state index is 0.411. The molecule has 128 valence electrons. The normalized spacial score (nSPS) is 17.6. The molecule has 1 atom stereocenters. The van der Waals surface area contributed by atoms with Gasteiger partial charge < -0.3 is 9.47 Å². The summed E-state index contributed by atoms with van der Waals surface area (Å²) in [5.41, 5.74) is 2.19. The molecular weight excluding hydrogens is 312 g/mol. The van der Waals surface area contributed by atoms with Crippen LogP contribution in [0.15, 0.2) is 49.1 Å². The van der Waals surface area contributed by atoms with E-state index < -0.39 is 0 Å². The molecule has 1 aliphatic rings. The van der Waals surface area contributed by atoms with E-state index in [2.05, 4.69) is 54.0 Å². The van der Waals surface area contributed by atoms with Crippen molar-refractivity contribution in [3.63, 3.8) is 0 Å². The summed E-state index contributed by atoms with van der Waals surface area (Å²) in [6.45, 7) is 4.76. The van der Waals surface area contributed by atoms with E-state index >= 15 is 0 Å². The van der Waals surface area contributed by atoms with E-state index in [4.69, 9.17) is 0 Å². The highest BCUT2D eigenvalue weighted by molar-refractivity contribution is 5.38. The second kappa shape index (κ2) is 7.01. The molecule has 3 aromatic heterocycles. The maximum atomic E-state index is 4.66. The van der Waals surface area contributed by atoms with Crippen LogP contribution in [-0.4, -0.2) is 37.8 Å². The Bertz CT molecular complexity index is 811. The van der Waals surface area contributed by atoms with Gasteiger partial charge in [0.1, 0.15) is 5.82 Å². The maximum absolute atomic E-state index is 4.66. The third-order valence-corrected chi connectivity index (χ3v) is 4.74. The number of imidazole rings is 1. The lowest BCUT2D eigenvalue weighted by Gasteiger charge is -2.33. The van der Waals surface area contributed by atoms with E-state index in [-0.39, 0.29) is 0 Å². The third-order valence-electron chi connectivity index (χ3n) is 4.74. The largest absolute Gasteiger partial charge is 0.354 e. The van der Waals surface area contributed by atoms with Crippen molar-refractivity contribution in [1.29, 1.82) is 0 Å². The Morgan fingerprint density at radius 1 is 1.08 bits per heavy atom. The van der Waals surface area contributed by atoms with Gasteiger partial charge in [-0.2, -0.15) is 5.10 Å². The summed E-state index contributed by atoms with van der Waals surface area (Å²) in [4.78, 5) is 11.1. The van der Waals surface area contributed by atoms with Crippen LogP contribution in [0.4, 0.5) is 5.82 Å². The van der Waals surface area contributed by atoms with Crippen LogP contribution in [0.3, 0.4) is 0 Å². The number of piperidine rings is 1. The number of nitrogens with zero attached hydrogens (tertiary/aromatic N) is 6. The van der Waals surface area contributed by atoms with Gasteiger partial charge in [0.2, 0.25) is 0 Å². The summed E-state index contributed by atoms with van der Waals surface area (Å²) in [6, 6.07) is 8.20. The lowest BCUT2D eigenvalue weighted by molar-refractivity contribution is 0.473. The number of anilines is 1. The molecule has 0 spiro atoms. The molecule has 1 unspecified atom stereocenters. The van der Waals surface area contributed by atoms with Gasteiger partial charge in [-0.3, -0.25) is 4.98 Å². The first-order valence-electron chi connectivity index (χ1n) is 8.75. The summed E-state index contributed by atoms with van der Waals surface area (Å²) < 4.78 is 2.25. The average Bonchev–Trinajstić information content (AvgIpc) is 3.11. The Balaban J connectivity index is 1.52. The number of hydrogen-bond donors (Lipinski definition) is 0. The zero-order chi connectivity index (χ0) is 17.1. The van der Waals surface area contributed by atoms with Crippen LogP contribution in [0.25, 0.3) is 0 Å². The number of aryl methyl sites for hydroxylation is 1. The van der Waals surface area contributed by atoms with Crippen molar-refractivity contribution in [2.45, 2.75) is 32.2 Å². The Labute approximate surface area is 147 Å². The molecule has 0 saturated carbocycles. The molecule has 0 bridgehead atoms. The van der Waals surface area contributed by atoms with Gasteiger partial charge in [-0.15, -0.1) is 5.10 Å². The molecule has 1 aliphatic heterocycles. The molecule has 4 rings (SSSR count). The fourth-order valence-corrected chi connectivity index (χ4v) is 3.46. The van der Waals surface area contributed by atoms with Gasteiger partial charge in [-0.1, -0.05) is 0 Å². The summed E-state index contributed by atoms with van der Waals surface area (Å²) in [5, 5.41) is 8.55. The van der Waals surface area contributed by atoms with Crippen molar-refractivity contribution in [3.05, 3.63) is 66.1 Å². The standard InChI is InChI=1S/C19H22N6/c1-15-4-5-18(23-22-15)24-11-2-3-17(14-24)19-21-10-12-25(19)13-16-6-8-20-9-7-16/h4-10,12,17H,2-3,11,13-14H2,1H3. The second-order valence-corrected chi connectivity index (χ2v) is 6.59. The van der Waals surface area contributed by atoms with Crippen molar-refractivity contribution < 1.29 is 0 Å². The summed E-state index contributed by atoms with van der Waals surface area (Å²) >= 11 is 0. The monoisotopic (exact) mass is 334 g/mol. The molecule has 0 aliphatic carbocycles. The second-order valence-electron chi connectivity index (χ2n) is 6.59. The summed E-state index contributed by atoms with van der Waals surface area (Å²) in [6.07, 6.45) is 9.95. The van der Waals surface area contributed by atoms with E-state index in [0.29, 0.717) is 5.92 Å². The number of pyridine rings is 1. The molecule has 25 heavy (non-hydrogen) atoms. The molecule has 4 heterocycles. The third kappa shape index (κ3) is 3.52. The fourth-order valence-electron chi connectivity index (χ4n) is 3.46. The summed E-state index contributed by atoms with van der Waals surface area (Å²) in [5.74, 6) is 2.53. The van der Waals surface area contributed by atoms with Crippen molar-refractivity contribution >= 4 is 5.82 Å². The Hall–Kier alpha value is -2.76. The number of hydrogen-bond acceptors (Lipinski definition) is 5. The van der Waals surface area contributed by atoms with E-state index in [1.165, 1.54) is 5.56 Å². The van der Waals surface area contributed by atoms with Gasteiger partial charge in [0.15, 0.2) is 5.82 Å². The first-order valence-corrected chi connectivity index (χ1v) is 8.75. The van der Waals surface area contributed by atoms with Crippen LogP contribution in [-0.2, 0) is 6.54 Å². The molecule has 1 fully saturated rings. The topological polar surface area (TPSA) is 59.7 Å². The maximum Gasteiger partial charge on any atom is 0.151 e. The lowest BCUT2D eigenvalue weighted by atomic mass is 9.97. The Morgan fingerprint density at radius 2 is 1.96 bits per heavy atom. The van der Waals surface area contributed by atoms with Gasteiger partial charge >= 0.3 is 0 Å².